The molecule has 0 saturated carbocycles. The topological polar surface area (TPSA) is 105 Å². The monoisotopic (exact) mass is 412 g/mol. The number of likely N-dealkylation sites (tertiary alicyclic amines) is 1. The number of ketones is 1. The van der Waals surface area contributed by atoms with Gasteiger partial charge in [0.05, 0.1) is 20.8 Å². The second-order valence-corrected chi connectivity index (χ2v) is 7.41. The highest BCUT2D eigenvalue weighted by molar-refractivity contribution is 6.11. The van der Waals surface area contributed by atoms with Gasteiger partial charge < -0.3 is 30.3 Å². The van der Waals surface area contributed by atoms with Crippen LogP contribution in [0, 0.1) is 0 Å². The number of likely N-dealkylation sites (N-methyl/N-ethyl adjacent to an activating group) is 1. The van der Waals surface area contributed by atoms with Crippen molar-refractivity contribution >= 4 is 17.5 Å². The number of phenolic OH excluding ortho intramolecular Hbond substituents is 1. The van der Waals surface area contributed by atoms with Gasteiger partial charge in [-0.3, -0.25) is 4.79 Å². The molecule has 1 aliphatic rings. The quantitative estimate of drug-likeness (QED) is 0.365. The minimum Gasteiger partial charge on any atom is -0.507 e. The summed E-state index contributed by atoms with van der Waals surface area (Å²) in [6.07, 6.45) is 3.75. The number of nitrogen functional groups attached to an aromatic ring is 1. The van der Waals surface area contributed by atoms with Crippen LogP contribution in [0.2, 0.25) is 0 Å². The fraction of sp³-hybridized carbons (Fsp3) is 0.348. The molecule has 7 heteroatoms. The molecular formula is C23H28N2O5. The first-order valence-electron chi connectivity index (χ1n) is 9.78. The molecule has 0 bridgehead atoms. The van der Waals surface area contributed by atoms with Gasteiger partial charge in [-0.1, -0.05) is 18.2 Å². The van der Waals surface area contributed by atoms with Crippen LogP contribution in [-0.2, 0) is 0 Å². The Morgan fingerprint density at radius 3 is 2.63 bits per heavy atom. The van der Waals surface area contributed by atoms with Gasteiger partial charge in [-0.05, 0) is 43.8 Å². The standard InChI is InChI=1S/C23H28N2O5/c1-25-10-9-16(17(25)13-26)21-19(29-2)12-20(30-3)22(23(21)28)18(27)8-7-14-5-4-6-15(24)11-14/h4-8,11-12,16-17,26,28H,9-10,13,24H2,1-3H3. The van der Waals surface area contributed by atoms with Crippen molar-refractivity contribution in [1.29, 1.82) is 0 Å². The van der Waals surface area contributed by atoms with E-state index in [2.05, 4.69) is 0 Å². The fourth-order valence-electron chi connectivity index (χ4n) is 4.09. The van der Waals surface area contributed by atoms with Crippen LogP contribution >= 0.6 is 0 Å². The number of phenols is 1. The van der Waals surface area contributed by atoms with Crippen molar-refractivity contribution in [3.05, 3.63) is 53.1 Å². The van der Waals surface area contributed by atoms with Gasteiger partial charge >= 0.3 is 0 Å². The maximum Gasteiger partial charge on any atom is 0.193 e. The molecule has 30 heavy (non-hydrogen) atoms. The maximum absolute atomic E-state index is 13.0. The number of nitrogens with zero attached hydrogens (tertiary/aromatic N) is 1. The average molecular weight is 412 g/mol. The molecule has 0 amide bonds. The van der Waals surface area contributed by atoms with Crippen molar-refractivity contribution in [3.8, 4) is 17.2 Å². The Morgan fingerprint density at radius 1 is 1.27 bits per heavy atom. The minimum atomic E-state index is -0.400. The fourth-order valence-corrected chi connectivity index (χ4v) is 4.09. The number of carbonyl (C=O) groups excluding carboxylic acids is 1. The predicted molar refractivity (Wildman–Crippen MR) is 116 cm³/mol. The molecule has 0 spiro atoms. The van der Waals surface area contributed by atoms with Gasteiger partial charge in [0.15, 0.2) is 5.78 Å². The second kappa shape index (κ2) is 9.19. The number of allylic oxidation sites excluding steroid dienone is 1. The van der Waals surface area contributed by atoms with E-state index in [0.717, 1.165) is 18.5 Å². The zero-order chi connectivity index (χ0) is 21.8. The molecule has 0 radical (unpaired) electrons. The third-order valence-corrected chi connectivity index (χ3v) is 5.67. The van der Waals surface area contributed by atoms with E-state index in [1.807, 2.05) is 18.0 Å². The number of nitrogens with two attached hydrogens (primary N) is 1. The van der Waals surface area contributed by atoms with E-state index in [0.29, 0.717) is 17.0 Å². The molecule has 0 aromatic heterocycles. The van der Waals surface area contributed by atoms with Crippen LogP contribution in [0.15, 0.2) is 36.4 Å². The molecule has 3 rings (SSSR count). The van der Waals surface area contributed by atoms with Crippen molar-refractivity contribution < 1.29 is 24.5 Å². The van der Waals surface area contributed by atoms with Crippen molar-refractivity contribution in [2.75, 3.05) is 40.2 Å². The largest absolute Gasteiger partial charge is 0.507 e. The Morgan fingerprint density at radius 2 is 2.00 bits per heavy atom. The van der Waals surface area contributed by atoms with E-state index >= 15 is 0 Å². The van der Waals surface area contributed by atoms with Crippen LogP contribution in [0.4, 0.5) is 5.69 Å². The molecule has 2 unspecified atom stereocenters. The molecular weight excluding hydrogens is 384 g/mol. The molecule has 2 atom stereocenters. The van der Waals surface area contributed by atoms with E-state index < -0.39 is 5.78 Å². The number of rotatable bonds is 7. The number of hydrogen-bond acceptors (Lipinski definition) is 7. The number of aromatic hydroxyl groups is 1. The molecule has 1 heterocycles. The molecule has 2 aromatic carbocycles. The van der Waals surface area contributed by atoms with Gasteiger partial charge in [-0.25, -0.2) is 0 Å². The zero-order valence-corrected chi connectivity index (χ0v) is 17.5. The number of anilines is 1. The Labute approximate surface area is 176 Å². The number of aliphatic hydroxyl groups is 1. The number of ether oxygens (including phenoxy) is 2. The highest BCUT2D eigenvalue weighted by Gasteiger charge is 2.37. The highest BCUT2D eigenvalue weighted by atomic mass is 16.5. The van der Waals surface area contributed by atoms with E-state index in [1.54, 1.807) is 30.3 Å². The Bertz CT molecular complexity index is 957. The van der Waals surface area contributed by atoms with Gasteiger partial charge in [0.1, 0.15) is 22.8 Å². The van der Waals surface area contributed by atoms with Gasteiger partial charge in [-0.2, -0.15) is 0 Å². The Hall–Kier alpha value is -3.03. The number of benzene rings is 2. The van der Waals surface area contributed by atoms with Crippen molar-refractivity contribution in [3.63, 3.8) is 0 Å². The summed E-state index contributed by atoms with van der Waals surface area (Å²) in [5, 5.41) is 21.0. The lowest BCUT2D eigenvalue weighted by Gasteiger charge is -2.26. The summed E-state index contributed by atoms with van der Waals surface area (Å²) in [5.74, 6) is -0.0956. The summed E-state index contributed by atoms with van der Waals surface area (Å²) in [6, 6.07) is 8.58. The summed E-state index contributed by atoms with van der Waals surface area (Å²) in [7, 11) is 4.87. The first-order chi connectivity index (χ1) is 14.4. The van der Waals surface area contributed by atoms with E-state index in [4.69, 9.17) is 15.2 Å². The predicted octanol–water partition coefficient (Wildman–Crippen LogP) is 2.67. The van der Waals surface area contributed by atoms with Crippen LogP contribution in [0.25, 0.3) is 6.08 Å². The van der Waals surface area contributed by atoms with E-state index in [1.165, 1.54) is 20.3 Å². The molecule has 160 valence electrons. The molecule has 0 aliphatic carbocycles. The SMILES string of the molecule is COc1cc(OC)c(C2CCN(C)C2CO)c(O)c1C(=O)C=Cc1cccc(N)c1. The second-order valence-electron chi connectivity index (χ2n) is 7.41. The van der Waals surface area contributed by atoms with Crippen LogP contribution in [0.1, 0.15) is 33.8 Å². The van der Waals surface area contributed by atoms with Gasteiger partial charge in [-0.15, -0.1) is 0 Å². The van der Waals surface area contributed by atoms with Crippen LogP contribution in [-0.4, -0.2) is 61.4 Å². The van der Waals surface area contributed by atoms with Gasteiger partial charge in [0.2, 0.25) is 0 Å². The number of methoxy groups -OCH3 is 2. The Kier molecular flexibility index (Phi) is 6.64. The average Bonchev–Trinajstić information content (AvgIpc) is 3.11. The van der Waals surface area contributed by atoms with Crippen LogP contribution in [0.3, 0.4) is 0 Å². The molecule has 1 saturated heterocycles. The Balaban J connectivity index is 2.06. The zero-order valence-electron chi connectivity index (χ0n) is 17.5. The molecule has 1 fully saturated rings. The molecule has 4 N–H and O–H groups in total. The van der Waals surface area contributed by atoms with E-state index in [9.17, 15) is 15.0 Å². The van der Waals surface area contributed by atoms with Crippen LogP contribution in [0.5, 0.6) is 17.2 Å². The van der Waals surface area contributed by atoms with E-state index in [-0.39, 0.29) is 35.6 Å². The number of aliphatic hydroxyl groups excluding tert-OH is 1. The first kappa shape index (κ1) is 21.7. The van der Waals surface area contributed by atoms with Crippen molar-refractivity contribution in [1.82, 2.24) is 4.90 Å². The summed E-state index contributed by atoms with van der Waals surface area (Å²) in [6.45, 7) is 0.706. The van der Waals surface area contributed by atoms with Crippen molar-refractivity contribution in [2.24, 2.45) is 0 Å². The third kappa shape index (κ3) is 4.13. The maximum atomic E-state index is 13.0. The summed E-state index contributed by atoms with van der Waals surface area (Å²) < 4.78 is 10.9. The smallest absolute Gasteiger partial charge is 0.193 e. The highest BCUT2D eigenvalue weighted by Crippen LogP contribution is 2.47. The lowest BCUT2D eigenvalue weighted by molar-refractivity contribution is 0.104. The lowest BCUT2D eigenvalue weighted by atomic mass is 9.87. The minimum absolute atomic E-state index is 0.0611. The molecule has 1 aliphatic heterocycles. The summed E-state index contributed by atoms with van der Waals surface area (Å²) in [5.41, 5.74) is 7.74. The first-order valence-corrected chi connectivity index (χ1v) is 9.78. The van der Waals surface area contributed by atoms with Crippen LogP contribution < -0.4 is 15.2 Å². The summed E-state index contributed by atoms with van der Waals surface area (Å²) in [4.78, 5) is 15.1. The van der Waals surface area contributed by atoms with Gasteiger partial charge in [0, 0.05) is 29.3 Å². The number of hydrogen-bond donors (Lipinski definition) is 3. The third-order valence-electron chi connectivity index (χ3n) is 5.67. The van der Waals surface area contributed by atoms with Crippen molar-refractivity contribution in [2.45, 2.75) is 18.4 Å². The lowest BCUT2D eigenvalue weighted by Crippen LogP contribution is -2.32. The summed E-state index contributed by atoms with van der Waals surface area (Å²) >= 11 is 0. The van der Waals surface area contributed by atoms with Gasteiger partial charge in [0.25, 0.3) is 0 Å². The molecule has 7 nitrogen and oxygen atoms in total. The number of carbonyl (C=O) groups is 1. The normalized spacial score (nSPS) is 19.3. The molecule has 2 aromatic rings.